The molecule has 0 amide bonds. The Kier molecular flexibility index (Phi) is 10.1. The molecule has 3 heteroatoms. The first-order valence-corrected chi connectivity index (χ1v) is 24.9. The quantitative estimate of drug-likeness (QED) is 0.147. The van der Waals surface area contributed by atoms with Crippen molar-refractivity contribution in [3.05, 3.63) is 155 Å². The molecule has 2 atom stereocenters. The van der Waals surface area contributed by atoms with Crippen molar-refractivity contribution >= 4 is 33.7 Å². The molecule has 1 heterocycles. The molecule has 2 aliphatic carbocycles. The molecule has 0 bridgehead atoms. The van der Waals surface area contributed by atoms with E-state index in [1.807, 2.05) is 0 Å². The Bertz CT molecular complexity index is 2150. The van der Waals surface area contributed by atoms with Crippen LogP contribution in [0, 0.1) is 11.8 Å². The first kappa shape index (κ1) is 36.2. The molecule has 0 N–H and O–H groups in total. The normalized spacial score (nSPS) is 17.6. The average molecular weight is 785 g/mol. The Morgan fingerprint density at radius 2 is 0.843 bits per heavy atom. The summed E-state index contributed by atoms with van der Waals surface area (Å²) >= 11 is -2.89. The van der Waals surface area contributed by atoms with Gasteiger partial charge >= 0.3 is 299 Å². The van der Waals surface area contributed by atoms with Crippen molar-refractivity contribution in [2.24, 2.45) is 11.8 Å². The van der Waals surface area contributed by atoms with Gasteiger partial charge in [-0.1, -0.05) is 0 Å². The van der Waals surface area contributed by atoms with Gasteiger partial charge in [0.15, 0.2) is 0 Å². The maximum atomic E-state index is 2.68. The van der Waals surface area contributed by atoms with Crippen LogP contribution in [-0.4, -0.2) is 0 Å². The minimum absolute atomic E-state index is 0. The van der Waals surface area contributed by atoms with Crippen molar-refractivity contribution in [1.82, 2.24) is 0 Å². The standard InChI is InChI=1S/2C23H21.C2H4.2ClH.Zr/c2*1-16(2)13-17-14-19-9-6-12-22(23(19)15-17)21-11-5-8-18-7-3-4-10-20(18)21;1-2;;;/h2*3-12,14-16H,13H2,1-2H3;1-2H2;2*1H;/q;;;;;+2/p-2. The van der Waals surface area contributed by atoms with Gasteiger partial charge in [0.1, 0.15) is 0 Å². The molecule has 0 aromatic heterocycles. The fourth-order valence-electron chi connectivity index (χ4n) is 9.86. The fraction of sp³-hybridized carbons (Fsp3) is 0.250. The van der Waals surface area contributed by atoms with Gasteiger partial charge in [-0.15, -0.1) is 0 Å². The summed E-state index contributed by atoms with van der Waals surface area (Å²) in [5.41, 5.74) is 15.4. The zero-order chi connectivity index (χ0) is 33.3. The van der Waals surface area contributed by atoms with E-state index in [1.165, 1.54) is 76.0 Å². The summed E-state index contributed by atoms with van der Waals surface area (Å²) in [6, 6.07) is 46.2. The predicted octanol–water partition coefficient (Wildman–Crippen LogP) is 8.01. The molecule has 6 aromatic carbocycles. The second-order valence-corrected chi connectivity index (χ2v) is 27.3. The van der Waals surface area contributed by atoms with Gasteiger partial charge in [0.2, 0.25) is 0 Å². The van der Waals surface area contributed by atoms with Crippen molar-refractivity contribution in [2.75, 3.05) is 0 Å². The number of allylic oxidation sites excluding steroid dienone is 2. The number of fused-ring (bicyclic) bond motifs is 4. The molecule has 3 aliphatic rings. The van der Waals surface area contributed by atoms with Gasteiger partial charge in [-0.3, -0.25) is 0 Å². The van der Waals surface area contributed by atoms with Crippen LogP contribution in [0.2, 0.25) is 8.26 Å². The van der Waals surface area contributed by atoms with Gasteiger partial charge in [0.25, 0.3) is 0 Å². The summed E-state index contributed by atoms with van der Waals surface area (Å²) in [7, 11) is 0. The van der Waals surface area contributed by atoms with E-state index in [-0.39, 0.29) is 24.8 Å². The van der Waals surface area contributed by atoms with Gasteiger partial charge in [0.05, 0.1) is 0 Å². The molecule has 51 heavy (non-hydrogen) atoms. The van der Waals surface area contributed by atoms with Crippen LogP contribution in [-0.2, 0) is 20.3 Å². The Balaban J connectivity index is 0.00000203. The summed E-state index contributed by atoms with van der Waals surface area (Å²) in [6.45, 7) is 9.69. The van der Waals surface area contributed by atoms with Crippen LogP contribution in [0.1, 0.15) is 70.0 Å². The molecule has 256 valence electrons. The predicted molar refractivity (Wildman–Crippen MR) is 209 cm³/mol. The van der Waals surface area contributed by atoms with Crippen LogP contribution in [0.4, 0.5) is 0 Å². The van der Waals surface area contributed by atoms with Crippen LogP contribution in [0.15, 0.2) is 132 Å². The number of benzene rings is 6. The van der Waals surface area contributed by atoms with Crippen molar-refractivity contribution in [1.29, 1.82) is 0 Å². The maximum Gasteiger partial charge on any atom is -1.00 e. The van der Waals surface area contributed by atoms with Crippen molar-refractivity contribution in [2.45, 2.75) is 56.0 Å². The van der Waals surface area contributed by atoms with E-state index in [0.717, 1.165) is 0 Å². The molecule has 0 saturated carbocycles. The van der Waals surface area contributed by atoms with Crippen LogP contribution < -0.4 is 24.8 Å². The zero-order valence-corrected chi connectivity index (χ0v) is 34.1. The van der Waals surface area contributed by atoms with Crippen molar-refractivity contribution < 1.29 is 45.1 Å². The van der Waals surface area contributed by atoms with Gasteiger partial charge in [-0.25, -0.2) is 0 Å². The molecule has 1 fully saturated rings. The Morgan fingerprint density at radius 3 is 1.25 bits per heavy atom. The summed E-state index contributed by atoms with van der Waals surface area (Å²) in [5.74, 6) is 1.29. The Labute approximate surface area is 321 Å². The molecular weight excluding hydrogens is 739 g/mol. The third kappa shape index (κ3) is 6.12. The largest absolute Gasteiger partial charge is 1.00 e. The molecule has 0 radical (unpaired) electrons. The minimum atomic E-state index is -2.89. The third-order valence-electron chi connectivity index (χ3n) is 11.7. The first-order valence-electron chi connectivity index (χ1n) is 18.6. The molecule has 6 aromatic rings. The van der Waals surface area contributed by atoms with E-state index in [0.29, 0.717) is 19.1 Å². The van der Waals surface area contributed by atoms with Crippen LogP contribution >= 0.6 is 0 Å². The number of halogens is 2. The van der Waals surface area contributed by atoms with Crippen molar-refractivity contribution in [3.8, 4) is 22.3 Å². The molecule has 9 rings (SSSR count). The van der Waals surface area contributed by atoms with Gasteiger partial charge < -0.3 is 24.8 Å². The third-order valence-corrected chi connectivity index (χ3v) is 24.8. The van der Waals surface area contributed by atoms with Gasteiger partial charge in [-0.2, -0.15) is 0 Å². The summed E-state index contributed by atoms with van der Waals surface area (Å²) in [6.07, 6.45) is 7.77. The summed E-state index contributed by atoms with van der Waals surface area (Å²) < 4.78 is 4.28. The van der Waals surface area contributed by atoms with Gasteiger partial charge in [0, 0.05) is 0 Å². The van der Waals surface area contributed by atoms with Crippen molar-refractivity contribution in [3.63, 3.8) is 0 Å². The zero-order valence-electron chi connectivity index (χ0n) is 30.1. The Hall–Kier alpha value is -3.22. The van der Waals surface area contributed by atoms with E-state index in [4.69, 9.17) is 0 Å². The molecule has 0 nitrogen and oxygen atoms in total. The maximum absolute atomic E-state index is 2.89. The molecule has 0 spiro atoms. The SMILES string of the molecule is CC(C)CC1=Cc2c(-c3cccc4ccccc34)cccc2[CH]1[Zr+2]1([CH]2C(CC(C)C)=Cc3c(-c4cccc5ccccc45)cccc32)[CH2][CH2]1.[Cl-].[Cl-]. The van der Waals surface area contributed by atoms with E-state index in [1.54, 1.807) is 22.3 Å². The minimum Gasteiger partial charge on any atom is -1.00 e. The number of hydrogen-bond donors (Lipinski definition) is 0. The average Bonchev–Trinajstić information content (AvgIpc) is 3.66. The Morgan fingerprint density at radius 1 is 0.471 bits per heavy atom. The summed E-state index contributed by atoms with van der Waals surface area (Å²) in [5, 5.41) is 5.37. The smallest absolute Gasteiger partial charge is 1.00 e. The van der Waals surface area contributed by atoms with E-state index in [2.05, 4.69) is 161 Å². The number of rotatable bonds is 8. The van der Waals surface area contributed by atoms with Crippen LogP contribution in [0.3, 0.4) is 0 Å². The topological polar surface area (TPSA) is 0 Å². The summed E-state index contributed by atoms with van der Waals surface area (Å²) in [4.78, 5) is 0. The fourth-order valence-corrected chi connectivity index (χ4v) is 27.3. The second-order valence-electron chi connectivity index (χ2n) is 15.9. The second kappa shape index (κ2) is 14.3. The monoisotopic (exact) mass is 782 g/mol. The van der Waals surface area contributed by atoms with E-state index >= 15 is 0 Å². The number of hydrogen-bond acceptors (Lipinski definition) is 0. The first-order chi connectivity index (χ1) is 23.9. The van der Waals surface area contributed by atoms with Crippen LogP contribution in [0.5, 0.6) is 0 Å². The van der Waals surface area contributed by atoms with Gasteiger partial charge in [-0.05, 0) is 0 Å². The van der Waals surface area contributed by atoms with E-state index < -0.39 is 20.3 Å². The molecule has 1 aliphatic heterocycles. The van der Waals surface area contributed by atoms with Crippen LogP contribution in [0.25, 0.3) is 56.0 Å². The van der Waals surface area contributed by atoms with E-state index in [9.17, 15) is 0 Å². The molecule has 1 saturated heterocycles. The molecular formula is C48H46Cl2Zr. The molecule has 2 unspecified atom stereocenters.